The molecule has 0 fully saturated rings. The van der Waals surface area contributed by atoms with Crippen molar-refractivity contribution in [1.82, 2.24) is 9.55 Å². The smallest absolute Gasteiger partial charge is 0.114 e. The standard InChI is InChI=1S/C39H28N2/c1-2-37-40-35-17-9-10-18-36(35)41(37)30-23-21-27(22-24-30)38-31-13-5-7-15-33(31)39(34-16-8-6-14-32(34)38)29-20-19-26-11-3-4-12-28(26)25-29/h3-25H,2H2,1H3/i3D,4D,11D,12D,19D,20D,25D. The SMILES string of the molecule is [2H]c1c([2H])c([2H])c2c([2H])c(-c3c4ccccc4c(-c4ccc(-n5c(CC)nc6ccccc65)cc4)c4ccccc34)c([2H])c([2H])c2c1[2H]. The molecule has 0 saturated carbocycles. The largest absolute Gasteiger partial charge is 0.296 e. The predicted octanol–water partition coefficient (Wildman–Crippen LogP) is 10.4. The van der Waals surface area contributed by atoms with E-state index in [2.05, 4.69) is 41.8 Å². The summed E-state index contributed by atoms with van der Waals surface area (Å²) in [6.07, 6.45) is 0.788. The summed E-state index contributed by atoms with van der Waals surface area (Å²) in [6, 6.07) is 29.7. The number of fused-ring (bicyclic) bond motifs is 4. The lowest BCUT2D eigenvalue weighted by Gasteiger charge is -2.18. The van der Waals surface area contributed by atoms with Crippen LogP contribution in [0.5, 0.6) is 0 Å². The summed E-state index contributed by atoms with van der Waals surface area (Å²) >= 11 is 0. The summed E-state index contributed by atoms with van der Waals surface area (Å²) in [6.45, 7) is 2.10. The molecule has 1 heterocycles. The van der Waals surface area contributed by atoms with Crippen molar-refractivity contribution in [3.8, 4) is 27.9 Å². The highest BCUT2D eigenvalue weighted by Gasteiger charge is 2.17. The van der Waals surface area contributed by atoms with Crippen LogP contribution in [0.4, 0.5) is 0 Å². The van der Waals surface area contributed by atoms with E-state index in [-0.39, 0.29) is 40.5 Å². The summed E-state index contributed by atoms with van der Waals surface area (Å²) < 4.78 is 63.1. The van der Waals surface area contributed by atoms with Gasteiger partial charge in [0.05, 0.1) is 20.6 Å². The minimum atomic E-state index is -0.481. The van der Waals surface area contributed by atoms with Gasteiger partial charge < -0.3 is 0 Å². The fraction of sp³-hybridized carbons (Fsp3) is 0.0513. The molecule has 41 heavy (non-hydrogen) atoms. The zero-order chi connectivity index (χ0) is 33.4. The number of rotatable bonds is 4. The van der Waals surface area contributed by atoms with Gasteiger partial charge in [0.25, 0.3) is 0 Å². The van der Waals surface area contributed by atoms with Gasteiger partial charge >= 0.3 is 0 Å². The maximum atomic E-state index is 9.31. The molecule has 0 radical (unpaired) electrons. The van der Waals surface area contributed by atoms with Crippen LogP contribution in [-0.2, 0) is 6.42 Å². The van der Waals surface area contributed by atoms with Gasteiger partial charge in [-0.2, -0.15) is 0 Å². The molecule has 0 bridgehead atoms. The lowest BCUT2D eigenvalue weighted by atomic mass is 9.85. The number of hydrogen-bond acceptors (Lipinski definition) is 1. The maximum Gasteiger partial charge on any atom is 0.114 e. The van der Waals surface area contributed by atoms with Crippen molar-refractivity contribution in [2.45, 2.75) is 13.3 Å². The third kappa shape index (κ3) is 3.76. The average molecular weight is 532 g/mol. The molecule has 0 saturated heterocycles. The second-order valence-electron chi connectivity index (χ2n) is 10.1. The molecule has 7 aromatic carbocycles. The molecule has 0 aliphatic rings. The van der Waals surface area contributed by atoms with E-state index in [1.807, 2.05) is 66.7 Å². The molecular weight excluding hydrogens is 496 g/mol. The average Bonchev–Trinajstić information content (AvgIpc) is 3.50. The van der Waals surface area contributed by atoms with Crippen LogP contribution in [0.25, 0.3) is 71.3 Å². The Morgan fingerprint density at radius 1 is 0.610 bits per heavy atom. The first-order valence-corrected chi connectivity index (χ1v) is 13.7. The first-order valence-electron chi connectivity index (χ1n) is 17.2. The number of hydrogen-bond donors (Lipinski definition) is 0. The number of aryl methyl sites for hydroxylation is 1. The molecule has 8 aromatic rings. The number of benzene rings is 7. The van der Waals surface area contributed by atoms with E-state index in [1.165, 1.54) is 0 Å². The van der Waals surface area contributed by atoms with E-state index in [0.29, 0.717) is 5.56 Å². The van der Waals surface area contributed by atoms with Gasteiger partial charge in [0.1, 0.15) is 5.82 Å². The van der Waals surface area contributed by atoms with Crippen molar-refractivity contribution in [1.29, 1.82) is 0 Å². The summed E-state index contributed by atoms with van der Waals surface area (Å²) in [4.78, 5) is 4.84. The molecule has 1 aromatic heterocycles. The van der Waals surface area contributed by atoms with Gasteiger partial charge in [0.15, 0.2) is 0 Å². The van der Waals surface area contributed by atoms with Crippen molar-refractivity contribution in [3.63, 3.8) is 0 Å². The fourth-order valence-corrected chi connectivity index (χ4v) is 5.99. The molecule has 0 aliphatic heterocycles. The number of aromatic nitrogens is 2. The second-order valence-corrected chi connectivity index (χ2v) is 10.1. The van der Waals surface area contributed by atoms with E-state index >= 15 is 0 Å². The highest BCUT2D eigenvalue weighted by atomic mass is 15.1. The van der Waals surface area contributed by atoms with Crippen molar-refractivity contribution in [3.05, 3.63) is 145 Å². The van der Waals surface area contributed by atoms with E-state index in [9.17, 15) is 1.37 Å². The van der Waals surface area contributed by atoms with E-state index in [1.54, 1.807) is 0 Å². The first kappa shape index (κ1) is 17.5. The lowest BCUT2D eigenvalue weighted by Crippen LogP contribution is -2.00. The van der Waals surface area contributed by atoms with Gasteiger partial charge in [-0.1, -0.05) is 116 Å². The Hall–Kier alpha value is -5.21. The zero-order valence-electron chi connectivity index (χ0n) is 29.3. The van der Waals surface area contributed by atoms with Crippen molar-refractivity contribution in [2.75, 3.05) is 0 Å². The van der Waals surface area contributed by atoms with Crippen LogP contribution in [0, 0.1) is 0 Å². The molecule has 2 heteroatoms. The van der Waals surface area contributed by atoms with Gasteiger partial charge in [-0.05, 0) is 84.9 Å². The molecule has 0 aliphatic carbocycles. The Morgan fingerprint density at radius 3 is 1.85 bits per heavy atom. The minimum absolute atomic E-state index is 0.0525. The molecule has 0 spiro atoms. The fourth-order valence-electron chi connectivity index (χ4n) is 5.99. The third-order valence-corrected chi connectivity index (χ3v) is 7.79. The second kappa shape index (κ2) is 9.46. The molecule has 194 valence electrons. The van der Waals surface area contributed by atoms with Gasteiger partial charge in [0, 0.05) is 12.1 Å². The highest BCUT2D eigenvalue weighted by molar-refractivity contribution is 6.21. The molecular formula is C39H28N2. The van der Waals surface area contributed by atoms with Crippen molar-refractivity contribution in [2.24, 2.45) is 0 Å². The van der Waals surface area contributed by atoms with Crippen molar-refractivity contribution < 1.29 is 9.60 Å². The quantitative estimate of drug-likeness (QED) is 0.207. The zero-order valence-corrected chi connectivity index (χ0v) is 22.3. The van der Waals surface area contributed by atoms with Crippen LogP contribution in [-0.4, -0.2) is 9.55 Å². The predicted molar refractivity (Wildman–Crippen MR) is 174 cm³/mol. The molecule has 2 nitrogen and oxygen atoms in total. The Morgan fingerprint density at radius 2 is 1.20 bits per heavy atom. The molecule has 0 unspecified atom stereocenters. The van der Waals surface area contributed by atoms with Crippen LogP contribution in [0.3, 0.4) is 0 Å². The molecule has 0 amide bonds. The van der Waals surface area contributed by atoms with Gasteiger partial charge in [-0.25, -0.2) is 4.98 Å². The molecule has 8 rings (SSSR count). The van der Waals surface area contributed by atoms with Gasteiger partial charge in [-0.15, -0.1) is 0 Å². The van der Waals surface area contributed by atoms with Crippen LogP contribution in [0.15, 0.2) is 139 Å². The summed E-state index contributed by atoms with van der Waals surface area (Å²) in [5, 5.41) is 3.21. The summed E-state index contributed by atoms with van der Waals surface area (Å²) in [5.41, 5.74) is 5.77. The van der Waals surface area contributed by atoms with Gasteiger partial charge in [-0.3, -0.25) is 4.57 Å². The lowest BCUT2D eigenvalue weighted by molar-refractivity contribution is 0.908. The van der Waals surface area contributed by atoms with Crippen molar-refractivity contribution >= 4 is 43.4 Å². The van der Waals surface area contributed by atoms with Crippen LogP contribution in [0.1, 0.15) is 22.3 Å². The Kier molecular flexibility index (Phi) is 4.03. The Labute approximate surface area is 249 Å². The molecule has 0 N–H and O–H groups in total. The van der Waals surface area contributed by atoms with Crippen LogP contribution in [0.2, 0.25) is 0 Å². The topological polar surface area (TPSA) is 17.8 Å². The Bertz CT molecular complexity index is 2570. The van der Waals surface area contributed by atoms with Gasteiger partial charge in [0.2, 0.25) is 0 Å². The minimum Gasteiger partial charge on any atom is -0.296 e. The monoisotopic (exact) mass is 531 g/mol. The summed E-state index contributed by atoms with van der Waals surface area (Å²) in [5.74, 6) is 0.982. The van der Waals surface area contributed by atoms with E-state index < -0.39 is 18.1 Å². The number of imidazole rings is 1. The Balaban J connectivity index is 1.42. The first-order chi connectivity index (χ1) is 23.2. The molecule has 0 atom stereocenters. The number of nitrogens with zero attached hydrogens (tertiary/aromatic N) is 2. The van der Waals surface area contributed by atoms with Crippen LogP contribution >= 0.6 is 0 Å². The number of para-hydroxylation sites is 2. The highest BCUT2D eigenvalue weighted by Crippen LogP contribution is 2.44. The van der Waals surface area contributed by atoms with Crippen LogP contribution < -0.4 is 0 Å². The van der Waals surface area contributed by atoms with E-state index in [4.69, 9.17) is 13.2 Å². The summed E-state index contributed by atoms with van der Waals surface area (Å²) in [7, 11) is 0. The maximum absolute atomic E-state index is 9.31. The third-order valence-electron chi connectivity index (χ3n) is 7.79. The normalized spacial score (nSPS) is 14.0. The van der Waals surface area contributed by atoms with E-state index in [0.717, 1.165) is 61.6 Å².